The zero-order valence-electron chi connectivity index (χ0n) is 13.8. The number of hydrogen-bond donors (Lipinski definition) is 0. The van der Waals surface area contributed by atoms with Gasteiger partial charge in [0.2, 0.25) is 0 Å². The highest BCUT2D eigenvalue weighted by atomic mass is 28.4. The van der Waals surface area contributed by atoms with Crippen LogP contribution in [0.4, 0.5) is 0 Å². The lowest BCUT2D eigenvalue weighted by atomic mass is 10.0. The topological polar surface area (TPSA) is 9.23 Å². The van der Waals surface area contributed by atoms with Crippen LogP contribution in [0.2, 0.25) is 18.1 Å². The lowest BCUT2D eigenvalue weighted by Crippen LogP contribution is -2.42. The first-order valence-electron chi connectivity index (χ1n) is 7.59. The van der Waals surface area contributed by atoms with Gasteiger partial charge < -0.3 is 4.43 Å². The summed E-state index contributed by atoms with van der Waals surface area (Å²) < 4.78 is 6.71. The van der Waals surface area contributed by atoms with E-state index in [4.69, 9.17) is 4.43 Å². The van der Waals surface area contributed by atoms with E-state index in [1.54, 1.807) is 0 Å². The van der Waals surface area contributed by atoms with E-state index < -0.39 is 8.32 Å². The van der Waals surface area contributed by atoms with Crippen molar-refractivity contribution in [1.82, 2.24) is 0 Å². The molecule has 0 saturated heterocycles. The maximum absolute atomic E-state index is 6.71. The van der Waals surface area contributed by atoms with Crippen molar-refractivity contribution >= 4 is 8.32 Å². The van der Waals surface area contributed by atoms with Crippen LogP contribution in [0.15, 0.2) is 60.7 Å². The van der Waals surface area contributed by atoms with Crippen LogP contribution in [0.1, 0.15) is 38.0 Å². The monoisotopic (exact) mass is 298 g/mol. The Morgan fingerprint density at radius 2 is 1.14 bits per heavy atom. The first-order valence-corrected chi connectivity index (χ1v) is 10.5. The zero-order chi connectivity index (χ0) is 15.5. The molecule has 2 aromatic carbocycles. The molecular weight excluding hydrogens is 272 g/mol. The summed E-state index contributed by atoms with van der Waals surface area (Å²) in [6.07, 6.45) is 0.0216. The molecule has 21 heavy (non-hydrogen) atoms. The third-order valence-electron chi connectivity index (χ3n) is 4.42. The normalized spacial score (nSPS) is 12.7. The average molecular weight is 299 g/mol. The van der Waals surface area contributed by atoms with E-state index in [0.29, 0.717) is 0 Å². The van der Waals surface area contributed by atoms with E-state index in [1.165, 1.54) is 11.1 Å². The van der Waals surface area contributed by atoms with E-state index in [-0.39, 0.29) is 11.1 Å². The highest BCUT2D eigenvalue weighted by Gasteiger charge is 2.39. The maximum Gasteiger partial charge on any atom is 0.193 e. The second-order valence-electron chi connectivity index (χ2n) is 7.08. The van der Waals surface area contributed by atoms with Gasteiger partial charge in [0.25, 0.3) is 0 Å². The molecule has 0 amide bonds. The molecule has 0 aliphatic heterocycles. The van der Waals surface area contributed by atoms with Gasteiger partial charge in [-0.1, -0.05) is 81.4 Å². The molecule has 2 rings (SSSR count). The minimum atomic E-state index is -1.83. The van der Waals surface area contributed by atoms with Gasteiger partial charge in [-0.3, -0.25) is 0 Å². The van der Waals surface area contributed by atoms with Gasteiger partial charge >= 0.3 is 0 Å². The molecule has 0 aromatic heterocycles. The molecule has 0 atom stereocenters. The fourth-order valence-electron chi connectivity index (χ4n) is 2.06. The minimum Gasteiger partial charge on any atom is -0.406 e. The molecule has 0 heterocycles. The SMILES string of the molecule is CC(C)(C)[Si](C)(C)OC(c1ccccc1)c1ccccc1. The first kappa shape index (κ1) is 16.0. The van der Waals surface area contributed by atoms with Crippen molar-refractivity contribution in [2.45, 2.75) is 45.0 Å². The van der Waals surface area contributed by atoms with Gasteiger partial charge in [0.15, 0.2) is 8.32 Å². The third-order valence-corrected chi connectivity index (χ3v) is 8.86. The fourth-order valence-corrected chi connectivity index (χ4v) is 3.27. The molecule has 0 aliphatic carbocycles. The van der Waals surface area contributed by atoms with Crippen molar-refractivity contribution in [3.05, 3.63) is 71.8 Å². The molecule has 2 aromatic rings. The van der Waals surface area contributed by atoms with Crippen molar-refractivity contribution in [1.29, 1.82) is 0 Å². The van der Waals surface area contributed by atoms with Crippen LogP contribution in [0, 0.1) is 0 Å². The Kier molecular flexibility index (Phi) is 4.69. The molecule has 1 nitrogen and oxygen atoms in total. The van der Waals surface area contributed by atoms with Crippen LogP contribution in [0.3, 0.4) is 0 Å². The van der Waals surface area contributed by atoms with Crippen LogP contribution in [0.5, 0.6) is 0 Å². The van der Waals surface area contributed by atoms with Crippen molar-refractivity contribution in [3.8, 4) is 0 Å². The van der Waals surface area contributed by atoms with Gasteiger partial charge in [-0.2, -0.15) is 0 Å². The zero-order valence-corrected chi connectivity index (χ0v) is 14.8. The smallest absolute Gasteiger partial charge is 0.193 e. The Hall–Kier alpha value is -1.38. The van der Waals surface area contributed by atoms with Crippen molar-refractivity contribution < 1.29 is 4.43 Å². The molecule has 0 aliphatic rings. The van der Waals surface area contributed by atoms with Crippen molar-refractivity contribution in [2.24, 2.45) is 0 Å². The summed E-state index contributed by atoms with van der Waals surface area (Å²) in [5, 5.41) is 0.203. The fraction of sp³-hybridized carbons (Fsp3) is 0.368. The second-order valence-corrected chi connectivity index (χ2v) is 11.8. The predicted octanol–water partition coefficient (Wildman–Crippen LogP) is 5.80. The molecule has 0 saturated carbocycles. The lowest BCUT2D eigenvalue weighted by molar-refractivity contribution is 0.222. The Labute approximate surface area is 130 Å². The second kappa shape index (κ2) is 6.16. The van der Waals surface area contributed by atoms with Gasteiger partial charge in [0.05, 0.1) is 6.10 Å². The minimum absolute atomic E-state index is 0.0216. The Morgan fingerprint density at radius 1 is 0.762 bits per heavy atom. The molecule has 2 heteroatoms. The highest BCUT2D eigenvalue weighted by molar-refractivity contribution is 6.74. The molecule has 0 bridgehead atoms. The van der Waals surface area contributed by atoms with Gasteiger partial charge in [-0.05, 0) is 29.3 Å². The maximum atomic E-state index is 6.71. The van der Waals surface area contributed by atoms with Crippen LogP contribution < -0.4 is 0 Å². The first-order chi connectivity index (χ1) is 9.81. The molecule has 112 valence electrons. The number of hydrogen-bond acceptors (Lipinski definition) is 1. The molecule has 0 N–H and O–H groups in total. The van der Waals surface area contributed by atoms with Crippen LogP contribution in [0.25, 0.3) is 0 Å². The predicted molar refractivity (Wildman–Crippen MR) is 93.0 cm³/mol. The Morgan fingerprint density at radius 3 is 1.48 bits per heavy atom. The summed E-state index contributed by atoms with van der Waals surface area (Å²) in [7, 11) is -1.83. The molecular formula is C19H26OSi. The highest BCUT2D eigenvalue weighted by Crippen LogP contribution is 2.41. The molecule has 0 spiro atoms. The summed E-state index contributed by atoms with van der Waals surface area (Å²) in [5.41, 5.74) is 2.46. The van der Waals surface area contributed by atoms with Crippen molar-refractivity contribution in [3.63, 3.8) is 0 Å². The van der Waals surface area contributed by atoms with Crippen molar-refractivity contribution in [2.75, 3.05) is 0 Å². The molecule has 0 unspecified atom stereocenters. The molecule has 0 radical (unpaired) electrons. The summed E-state index contributed by atoms with van der Waals surface area (Å²) in [5.74, 6) is 0. The average Bonchev–Trinajstić information content (AvgIpc) is 2.45. The number of benzene rings is 2. The summed E-state index contributed by atoms with van der Waals surface area (Å²) in [4.78, 5) is 0. The largest absolute Gasteiger partial charge is 0.406 e. The van der Waals surface area contributed by atoms with Crippen LogP contribution >= 0.6 is 0 Å². The summed E-state index contributed by atoms with van der Waals surface area (Å²) >= 11 is 0. The van der Waals surface area contributed by atoms with E-state index in [9.17, 15) is 0 Å². The summed E-state index contributed by atoms with van der Waals surface area (Å²) in [6.45, 7) is 11.5. The van der Waals surface area contributed by atoms with Gasteiger partial charge in [0, 0.05) is 0 Å². The number of rotatable bonds is 4. The van der Waals surface area contributed by atoms with E-state index in [1.807, 2.05) is 0 Å². The lowest BCUT2D eigenvalue weighted by Gasteiger charge is -2.39. The van der Waals surface area contributed by atoms with E-state index in [2.05, 4.69) is 94.5 Å². The summed E-state index contributed by atoms with van der Waals surface area (Å²) in [6, 6.07) is 21.1. The third kappa shape index (κ3) is 3.83. The van der Waals surface area contributed by atoms with Crippen LogP contribution in [-0.2, 0) is 4.43 Å². The van der Waals surface area contributed by atoms with Gasteiger partial charge in [-0.15, -0.1) is 0 Å². The quantitative estimate of drug-likeness (QED) is 0.648. The Bertz CT molecular complexity index is 516. The molecule has 0 fully saturated rings. The Balaban J connectivity index is 2.39. The van der Waals surface area contributed by atoms with E-state index in [0.717, 1.165) is 0 Å². The standard InChI is InChI=1S/C19H26OSi/c1-19(2,3)21(4,5)20-18(16-12-8-6-9-13-16)17-14-10-7-11-15-17/h6-15,18H,1-5H3. The van der Waals surface area contributed by atoms with Gasteiger partial charge in [0.1, 0.15) is 0 Å². The van der Waals surface area contributed by atoms with E-state index >= 15 is 0 Å². The van der Waals surface area contributed by atoms with Crippen LogP contribution in [-0.4, -0.2) is 8.32 Å². The van der Waals surface area contributed by atoms with Gasteiger partial charge in [-0.25, -0.2) is 0 Å².